The molecular formula is C7H14N4S2. The van der Waals surface area contributed by atoms with Gasteiger partial charge < -0.3 is 11.5 Å². The highest BCUT2D eigenvalue weighted by Crippen LogP contribution is 2.08. The second-order valence-corrected chi connectivity index (χ2v) is 4.46. The summed E-state index contributed by atoms with van der Waals surface area (Å²) in [6, 6.07) is 0. The zero-order valence-electron chi connectivity index (χ0n) is 7.46. The minimum Gasteiger partial charge on any atom is -0.379 e. The minimum atomic E-state index is 0.128. The molecule has 0 saturated heterocycles. The molecule has 0 spiro atoms. The van der Waals surface area contributed by atoms with Gasteiger partial charge in [-0.3, -0.25) is 10.8 Å². The van der Waals surface area contributed by atoms with E-state index in [1.54, 1.807) is 0 Å². The van der Waals surface area contributed by atoms with Gasteiger partial charge in [0.25, 0.3) is 0 Å². The standard InChI is InChI=1S/C7H14N4S2/c1-5(4-13-7(10)11)2-3-12-6(8)9/h2H,3-4H2,1H3,(H3,8,9)(H3,10,11). The molecule has 0 aromatic carbocycles. The van der Waals surface area contributed by atoms with E-state index in [4.69, 9.17) is 22.3 Å². The van der Waals surface area contributed by atoms with Gasteiger partial charge in [-0.15, -0.1) is 0 Å². The van der Waals surface area contributed by atoms with Crippen LogP contribution in [0.25, 0.3) is 0 Å². The van der Waals surface area contributed by atoms with Gasteiger partial charge in [-0.25, -0.2) is 0 Å². The topological polar surface area (TPSA) is 99.7 Å². The lowest BCUT2D eigenvalue weighted by atomic mass is 10.3. The predicted molar refractivity (Wildman–Crippen MR) is 62.5 cm³/mol. The Morgan fingerprint density at radius 2 is 1.77 bits per heavy atom. The summed E-state index contributed by atoms with van der Waals surface area (Å²) in [5.41, 5.74) is 11.5. The van der Waals surface area contributed by atoms with Crippen molar-refractivity contribution >= 4 is 33.9 Å². The van der Waals surface area contributed by atoms with Crippen LogP contribution in [0.5, 0.6) is 0 Å². The summed E-state index contributed by atoms with van der Waals surface area (Å²) in [7, 11) is 0. The maximum Gasteiger partial charge on any atom is 0.151 e. The smallest absolute Gasteiger partial charge is 0.151 e. The molecule has 74 valence electrons. The highest BCUT2D eigenvalue weighted by atomic mass is 32.2. The van der Waals surface area contributed by atoms with Gasteiger partial charge in [0.15, 0.2) is 10.3 Å². The fourth-order valence-corrected chi connectivity index (χ4v) is 1.57. The lowest BCUT2D eigenvalue weighted by Crippen LogP contribution is -2.05. The third-order valence-corrected chi connectivity index (χ3v) is 2.68. The zero-order chi connectivity index (χ0) is 10.3. The van der Waals surface area contributed by atoms with Gasteiger partial charge >= 0.3 is 0 Å². The normalized spacial score (nSPS) is 11.3. The van der Waals surface area contributed by atoms with Crippen molar-refractivity contribution < 1.29 is 0 Å². The maximum atomic E-state index is 6.99. The van der Waals surface area contributed by atoms with E-state index in [0.29, 0.717) is 5.75 Å². The summed E-state index contributed by atoms with van der Waals surface area (Å²) >= 11 is 2.58. The van der Waals surface area contributed by atoms with E-state index in [-0.39, 0.29) is 10.3 Å². The Labute approximate surface area is 86.5 Å². The van der Waals surface area contributed by atoms with Crippen LogP contribution in [0.2, 0.25) is 0 Å². The van der Waals surface area contributed by atoms with Crippen molar-refractivity contribution in [2.45, 2.75) is 6.92 Å². The molecule has 4 nitrogen and oxygen atoms in total. The van der Waals surface area contributed by atoms with Crippen molar-refractivity contribution in [3.05, 3.63) is 11.6 Å². The molecule has 0 radical (unpaired) electrons. The lowest BCUT2D eigenvalue weighted by molar-refractivity contribution is 1.38. The molecule has 0 heterocycles. The van der Waals surface area contributed by atoms with Crippen molar-refractivity contribution in [1.29, 1.82) is 10.8 Å². The van der Waals surface area contributed by atoms with E-state index in [1.165, 1.54) is 23.5 Å². The number of thioether (sulfide) groups is 2. The monoisotopic (exact) mass is 218 g/mol. The third kappa shape index (κ3) is 9.29. The largest absolute Gasteiger partial charge is 0.379 e. The van der Waals surface area contributed by atoms with Gasteiger partial charge in [-0.2, -0.15) is 0 Å². The van der Waals surface area contributed by atoms with Gasteiger partial charge in [0.2, 0.25) is 0 Å². The van der Waals surface area contributed by atoms with Crippen LogP contribution in [-0.2, 0) is 0 Å². The third-order valence-electron chi connectivity index (χ3n) is 1.13. The quantitative estimate of drug-likeness (QED) is 0.323. The molecule has 0 rings (SSSR count). The van der Waals surface area contributed by atoms with Crippen LogP contribution in [0, 0.1) is 10.8 Å². The van der Waals surface area contributed by atoms with Crippen LogP contribution in [0.4, 0.5) is 0 Å². The van der Waals surface area contributed by atoms with E-state index < -0.39 is 0 Å². The van der Waals surface area contributed by atoms with E-state index >= 15 is 0 Å². The first-order chi connectivity index (χ1) is 6.02. The Hall–Kier alpha value is -0.620. The number of hydrogen-bond acceptors (Lipinski definition) is 4. The first kappa shape index (κ1) is 12.4. The molecular weight excluding hydrogens is 204 g/mol. The fourth-order valence-electron chi connectivity index (χ4n) is 0.524. The molecule has 0 aromatic rings. The predicted octanol–water partition coefficient (Wildman–Crippen LogP) is 1.19. The number of rotatable bonds is 4. The van der Waals surface area contributed by atoms with Crippen LogP contribution in [0.15, 0.2) is 11.6 Å². The van der Waals surface area contributed by atoms with Crippen LogP contribution < -0.4 is 11.5 Å². The molecule has 0 unspecified atom stereocenters. The molecule has 0 atom stereocenters. The summed E-state index contributed by atoms with van der Waals surface area (Å²) in [4.78, 5) is 0. The molecule has 0 aliphatic rings. The van der Waals surface area contributed by atoms with E-state index in [1.807, 2.05) is 13.0 Å². The van der Waals surface area contributed by atoms with Crippen molar-refractivity contribution in [2.75, 3.05) is 11.5 Å². The molecule has 0 amide bonds. The highest BCUT2D eigenvalue weighted by molar-refractivity contribution is 8.14. The number of nitrogens with two attached hydrogens (primary N) is 2. The van der Waals surface area contributed by atoms with Crippen LogP contribution in [-0.4, -0.2) is 21.8 Å². The SMILES string of the molecule is CC(=CCSC(=N)N)CSC(=N)N. The van der Waals surface area contributed by atoms with E-state index in [2.05, 4.69) is 0 Å². The van der Waals surface area contributed by atoms with E-state index in [9.17, 15) is 0 Å². The molecule has 0 saturated carbocycles. The summed E-state index contributed by atoms with van der Waals surface area (Å²) < 4.78 is 0. The molecule has 6 heteroatoms. The van der Waals surface area contributed by atoms with Crippen LogP contribution in [0.3, 0.4) is 0 Å². The fraction of sp³-hybridized carbons (Fsp3) is 0.429. The van der Waals surface area contributed by atoms with Crippen LogP contribution >= 0.6 is 23.5 Å². The highest BCUT2D eigenvalue weighted by Gasteiger charge is 1.93. The average molecular weight is 218 g/mol. The minimum absolute atomic E-state index is 0.128. The molecule has 0 bridgehead atoms. The average Bonchev–Trinajstić information content (AvgIpc) is 2.00. The summed E-state index contributed by atoms with van der Waals surface area (Å²) in [6.45, 7) is 1.97. The Kier molecular flexibility index (Phi) is 6.52. The molecule has 0 aliphatic carbocycles. The second-order valence-electron chi connectivity index (χ2n) is 2.38. The van der Waals surface area contributed by atoms with Gasteiger partial charge in [0.05, 0.1) is 0 Å². The Balaban J connectivity index is 3.63. The number of hydrogen-bond donors (Lipinski definition) is 4. The van der Waals surface area contributed by atoms with Crippen LogP contribution in [0.1, 0.15) is 6.92 Å². The van der Waals surface area contributed by atoms with Gasteiger partial charge in [0, 0.05) is 11.5 Å². The molecule has 13 heavy (non-hydrogen) atoms. The first-order valence-corrected chi connectivity index (χ1v) is 5.58. The van der Waals surface area contributed by atoms with Crippen molar-refractivity contribution in [3.63, 3.8) is 0 Å². The number of amidine groups is 2. The molecule has 0 aromatic heterocycles. The Morgan fingerprint density at radius 3 is 2.23 bits per heavy atom. The van der Waals surface area contributed by atoms with Crippen molar-refractivity contribution in [2.24, 2.45) is 11.5 Å². The Bertz CT molecular complexity index is 225. The zero-order valence-corrected chi connectivity index (χ0v) is 9.10. The van der Waals surface area contributed by atoms with Gasteiger partial charge in [0.1, 0.15) is 0 Å². The molecule has 6 N–H and O–H groups in total. The lowest BCUT2D eigenvalue weighted by Gasteiger charge is -1.99. The Morgan fingerprint density at radius 1 is 1.23 bits per heavy atom. The summed E-state index contributed by atoms with van der Waals surface area (Å²) in [6.07, 6.45) is 1.99. The first-order valence-electron chi connectivity index (χ1n) is 3.61. The molecule has 0 aliphatic heterocycles. The van der Waals surface area contributed by atoms with Crippen molar-refractivity contribution in [3.8, 4) is 0 Å². The molecule has 0 fully saturated rings. The van der Waals surface area contributed by atoms with Crippen molar-refractivity contribution in [1.82, 2.24) is 0 Å². The van der Waals surface area contributed by atoms with E-state index in [0.717, 1.165) is 11.3 Å². The van der Waals surface area contributed by atoms with Gasteiger partial charge in [-0.1, -0.05) is 35.2 Å². The maximum absolute atomic E-state index is 6.99. The summed E-state index contributed by atoms with van der Waals surface area (Å²) in [5, 5.41) is 14.2. The number of nitrogens with one attached hydrogen (secondary N) is 2. The van der Waals surface area contributed by atoms with Gasteiger partial charge in [-0.05, 0) is 6.92 Å². The second kappa shape index (κ2) is 6.85. The summed E-state index contributed by atoms with van der Waals surface area (Å²) in [5.74, 6) is 1.44.